The van der Waals surface area contributed by atoms with E-state index in [1.807, 2.05) is 17.1 Å². The minimum Gasteiger partial charge on any atom is -0.301 e. The molecule has 3 rings (SSSR count). The van der Waals surface area contributed by atoms with Crippen molar-refractivity contribution in [3.8, 4) is 0 Å². The third-order valence-corrected chi connectivity index (χ3v) is 4.98. The van der Waals surface area contributed by atoms with E-state index in [0.717, 1.165) is 25.1 Å². The van der Waals surface area contributed by atoms with E-state index in [9.17, 15) is 4.79 Å². The number of hydrogen-bond donors (Lipinski definition) is 1. The van der Waals surface area contributed by atoms with Crippen molar-refractivity contribution in [2.75, 3.05) is 18.4 Å². The van der Waals surface area contributed by atoms with E-state index in [2.05, 4.69) is 34.1 Å². The van der Waals surface area contributed by atoms with Crippen LogP contribution in [0.3, 0.4) is 0 Å². The van der Waals surface area contributed by atoms with Crippen molar-refractivity contribution in [2.24, 2.45) is 7.05 Å². The van der Waals surface area contributed by atoms with Crippen LogP contribution in [0.1, 0.15) is 35.8 Å². The first-order valence-electron chi connectivity index (χ1n) is 7.49. The molecule has 1 aliphatic rings. The number of amides is 1. The first kappa shape index (κ1) is 15.2. The highest BCUT2D eigenvalue weighted by Crippen LogP contribution is 2.35. The number of hydrogen-bond acceptors (Lipinski definition) is 5. The first-order valence-corrected chi connectivity index (χ1v) is 8.37. The highest BCUT2D eigenvalue weighted by Gasteiger charge is 2.31. The fourth-order valence-electron chi connectivity index (χ4n) is 3.24. The number of nitrogens with one attached hydrogen (secondary N) is 1. The molecule has 2 aromatic heterocycles. The molecule has 1 saturated heterocycles. The van der Waals surface area contributed by atoms with Crippen LogP contribution in [0.25, 0.3) is 0 Å². The molecule has 0 radical (unpaired) electrons. The van der Waals surface area contributed by atoms with Crippen LogP contribution in [-0.2, 0) is 11.8 Å². The Kier molecular flexibility index (Phi) is 4.26. The van der Waals surface area contributed by atoms with E-state index in [1.165, 1.54) is 22.6 Å². The highest BCUT2D eigenvalue weighted by atomic mass is 32.1. The number of likely N-dealkylation sites (tertiary alicyclic amines) is 1. The Morgan fingerprint density at radius 1 is 1.50 bits per heavy atom. The van der Waals surface area contributed by atoms with E-state index in [-0.39, 0.29) is 11.9 Å². The van der Waals surface area contributed by atoms with Crippen LogP contribution in [0.2, 0.25) is 0 Å². The Bertz CT molecular complexity index is 664. The van der Waals surface area contributed by atoms with Gasteiger partial charge in [0.1, 0.15) is 0 Å². The molecule has 22 heavy (non-hydrogen) atoms. The summed E-state index contributed by atoms with van der Waals surface area (Å²) in [5, 5.41) is 9.89. The number of aryl methyl sites for hydroxylation is 2. The normalized spacial score (nSPS) is 18.8. The van der Waals surface area contributed by atoms with Gasteiger partial charge >= 0.3 is 0 Å². The smallest absolute Gasteiger partial charge is 0.240 e. The maximum atomic E-state index is 12.2. The topological polar surface area (TPSA) is 63.1 Å². The van der Waals surface area contributed by atoms with Crippen molar-refractivity contribution in [2.45, 2.75) is 32.7 Å². The number of nitrogens with zero attached hydrogens (tertiary/aromatic N) is 4. The molecular formula is C15H21N5OS. The van der Waals surface area contributed by atoms with Gasteiger partial charge in [0.05, 0.1) is 12.2 Å². The Balaban J connectivity index is 1.72. The highest BCUT2D eigenvalue weighted by molar-refractivity contribution is 7.13. The van der Waals surface area contributed by atoms with E-state index in [0.29, 0.717) is 11.7 Å². The third kappa shape index (κ3) is 2.91. The predicted octanol–water partition coefficient (Wildman–Crippen LogP) is 2.27. The Morgan fingerprint density at radius 2 is 2.32 bits per heavy atom. The van der Waals surface area contributed by atoms with E-state index in [4.69, 9.17) is 0 Å². The minimum absolute atomic E-state index is 0.000969. The van der Waals surface area contributed by atoms with E-state index in [1.54, 1.807) is 6.20 Å². The quantitative estimate of drug-likeness (QED) is 0.939. The number of rotatable bonds is 4. The Morgan fingerprint density at radius 3 is 2.95 bits per heavy atom. The number of anilines is 1. The maximum absolute atomic E-state index is 12.2. The van der Waals surface area contributed by atoms with Gasteiger partial charge in [0.15, 0.2) is 5.13 Å². The van der Waals surface area contributed by atoms with Gasteiger partial charge in [0.25, 0.3) is 0 Å². The van der Waals surface area contributed by atoms with Gasteiger partial charge in [-0.1, -0.05) is 0 Å². The third-order valence-electron chi connectivity index (χ3n) is 4.29. The monoisotopic (exact) mass is 319 g/mol. The lowest BCUT2D eigenvalue weighted by atomic mass is 10.0. The zero-order chi connectivity index (χ0) is 15.7. The summed E-state index contributed by atoms with van der Waals surface area (Å²) in [6, 6.07) is 0.288. The minimum atomic E-state index is 0.000969. The molecule has 1 fully saturated rings. The average Bonchev–Trinajstić information content (AvgIpc) is 3.15. The zero-order valence-corrected chi connectivity index (χ0v) is 14.0. The second kappa shape index (κ2) is 6.18. The van der Waals surface area contributed by atoms with Gasteiger partial charge in [0.2, 0.25) is 5.91 Å². The van der Waals surface area contributed by atoms with E-state index >= 15 is 0 Å². The van der Waals surface area contributed by atoms with Crippen molar-refractivity contribution in [3.63, 3.8) is 0 Å². The molecule has 0 bridgehead atoms. The summed E-state index contributed by atoms with van der Waals surface area (Å²) < 4.78 is 1.93. The molecule has 0 aromatic carbocycles. The lowest BCUT2D eigenvalue weighted by Crippen LogP contribution is -2.33. The van der Waals surface area contributed by atoms with Crippen molar-refractivity contribution < 1.29 is 4.79 Å². The van der Waals surface area contributed by atoms with Gasteiger partial charge < -0.3 is 5.32 Å². The molecule has 0 saturated carbocycles. The summed E-state index contributed by atoms with van der Waals surface area (Å²) >= 11 is 1.44. The Hall–Kier alpha value is -1.73. The van der Waals surface area contributed by atoms with Crippen LogP contribution in [0, 0.1) is 13.8 Å². The number of aromatic nitrogens is 3. The molecule has 0 aliphatic carbocycles. The van der Waals surface area contributed by atoms with Crippen LogP contribution >= 0.6 is 11.3 Å². The first-order chi connectivity index (χ1) is 10.6. The molecule has 1 atom stereocenters. The maximum Gasteiger partial charge on any atom is 0.240 e. The van der Waals surface area contributed by atoms with Gasteiger partial charge in [-0.25, -0.2) is 4.98 Å². The zero-order valence-electron chi connectivity index (χ0n) is 13.2. The molecule has 0 unspecified atom stereocenters. The van der Waals surface area contributed by atoms with Gasteiger partial charge in [-0.3, -0.25) is 14.4 Å². The number of thiazole rings is 1. The van der Waals surface area contributed by atoms with Crippen LogP contribution < -0.4 is 5.32 Å². The van der Waals surface area contributed by atoms with Crippen molar-refractivity contribution in [1.82, 2.24) is 19.7 Å². The van der Waals surface area contributed by atoms with Gasteiger partial charge in [0, 0.05) is 35.9 Å². The molecule has 1 aliphatic heterocycles. The average molecular weight is 319 g/mol. The molecule has 1 N–H and O–H groups in total. The van der Waals surface area contributed by atoms with Crippen molar-refractivity contribution in [1.29, 1.82) is 0 Å². The van der Waals surface area contributed by atoms with Gasteiger partial charge in [-0.15, -0.1) is 11.3 Å². The molecule has 6 nitrogen and oxygen atoms in total. The summed E-state index contributed by atoms with van der Waals surface area (Å²) in [6.45, 7) is 5.50. The van der Waals surface area contributed by atoms with E-state index < -0.39 is 0 Å². The second-order valence-electron chi connectivity index (χ2n) is 5.72. The van der Waals surface area contributed by atoms with Crippen LogP contribution in [-0.4, -0.2) is 38.7 Å². The SMILES string of the molecule is Cc1nn(C)c(C)c1[C@@H]1CCCN1CC(=O)Nc1nccs1. The standard InChI is InChI=1S/C15H21N5OS/c1-10-14(11(2)19(3)18-10)12-5-4-7-20(12)9-13(21)17-15-16-6-8-22-15/h6,8,12H,4-5,7,9H2,1-3H3,(H,16,17,21)/t12-/m0/s1. The lowest BCUT2D eigenvalue weighted by molar-refractivity contribution is -0.117. The summed E-state index contributed by atoms with van der Waals surface area (Å²) in [4.78, 5) is 18.6. The molecule has 7 heteroatoms. The molecular weight excluding hydrogens is 298 g/mol. The summed E-state index contributed by atoms with van der Waals surface area (Å²) in [6.07, 6.45) is 3.89. The molecule has 2 aromatic rings. The second-order valence-corrected chi connectivity index (χ2v) is 6.62. The lowest BCUT2D eigenvalue weighted by Gasteiger charge is -2.24. The fraction of sp³-hybridized carbons (Fsp3) is 0.533. The summed E-state index contributed by atoms with van der Waals surface area (Å²) in [5.74, 6) is 0.000969. The van der Waals surface area contributed by atoms with Crippen molar-refractivity contribution >= 4 is 22.4 Å². The molecule has 118 valence electrons. The van der Waals surface area contributed by atoms with Gasteiger partial charge in [-0.05, 0) is 33.2 Å². The molecule has 1 amide bonds. The molecule has 0 spiro atoms. The predicted molar refractivity (Wildman–Crippen MR) is 87.0 cm³/mol. The van der Waals surface area contributed by atoms with Crippen LogP contribution in [0.4, 0.5) is 5.13 Å². The van der Waals surface area contributed by atoms with Crippen LogP contribution in [0.15, 0.2) is 11.6 Å². The number of carbonyl (C=O) groups is 1. The summed E-state index contributed by atoms with van der Waals surface area (Å²) in [7, 11) is 1.97. The molecule has 3 heterocycles. The largest absolute Gasteiger partial charge is 0.301 e. The Labute approximate surface area is 134 Å². The van der Waals surface area contributed by atoms with Gasteiger partial charge in [-0.2, -0.15) is 5.10 Å². The summed E-state index contributed by atoms with van der Waals surface area (Å²) in [5.41, 5.74) is 3.54. The fourth-order valence-corrected chi connectivity index (χ4v) is 3.79. The van der Waals surface area contributed by atoms with Crippen LogP contribution in [0.5, 0.6) is 0 Å². The van der Waals surface area contributed by atoms with Crippen molar-refractivity contribution in [3.05, 3.63) is 28.5 Å². The number of carbonyl (C=O) groups excluding carboxylic acids is 1.